The molecule has 1 aromatic carbocycles. The van der Waals surface area contributed by atoms with Gasteiger partial charge in [-0.2, -0.15) is 8.78 Å². The van der Waals surface area contributed by atoms with Crippen molar-refractivity contribution in [2.45, 2.75) is 12.3 Å². The Morgan fingerprint density at radius 1 is 1.39 bits per heavy atom. The van der Waals surface area contributed by atoms with Crippen molar-refractivity contribution in [2.75, 3.05) is 12.3 Å². The fourth-order valence-electron chi connectivity index (χ4n) is 1.04. The molecule has 0 amide bonds. The van der Waals surface area contributed by atoms with Crippen molar-refractivity contribution in [1.29, 1.82) is 0 Å². The Balaban J connectivity index is 2.83. The van der Waals surface area contributed by atoms with Gasteiger partial charge < -0.3 is 10.5 Å². The summed E-state index contributed by atoms with van der Waals surface area (Å²) in [5.41, 5.74) is 4.70. The Morgan fingerprint density at radius 3 is 2.50 bits per heavy atom. The number of benzene rings is 1. The highest BCUT2D eigenvalue weighted by atomic mass is 19.3. The molecule has 0 saturated heterocycles. The number of nitro groups is 1. The molecule has 0 saturated carbocycles. The lowest BCUT2D eigenvalue weighted by atomic mass is 10.2. The van der Waals surface area contributed by atoms with Crippen LogP contribution in [0.2, 0.25) is 0 Å². The van der Waals surface area contributed by atoms with E-state index in [1.54, 1.807) is 0 Å². The second-order valence-electron chi connectivity index (χ2n) is 3.37. The van der Waals surface area contributed by atoms with Gasteiger partial charge in [-0.25, -0.2) is 8.78 Å². The number of nitrogens with zero attached hydrogens (tertiary/aromatic N) is 1. The average Bonchev–Trinajstić information content (AvgIpc) is 2.25. The van der Waals surface area contributed by atoms with Crippen LogP contribution in [-0.4, -0.2) is 23.9 Å². The van der Waals surface area contributed by atoms with Gasteiger partial charge >= 0.3 is 12.3 Å². The van der Waals surface area contributed by atoms with Crippen LogP contribution in [0.5, 0.6) is 5.75 Å². The topological polar surface area (TPSA) is 78.4 Å². The Bertz CT molecular complexity index is 453. The number of nitrogens with two attached hydrogens (primary N) is 1. The van der Waals surface area contributed by atoms with Crippen molar-refractivity contribution in [3.8, 4) is 5.75 Å². The molecule has 1 rings (SSSR count). The van der Waals surface area contributed by atoms with E-state index in [1.165, 1.54) is 0 Å². The summed E-state index contributed by atoms with van der Waals surface area (Å²) in [5, 5.41) is 10.4. The lowest BCUT2D eigenvalue weighted by Crippen LogP contribution is -2.33. The largest absolute Gasteiger partial charge is 0.487 e. The second-order valence-corrected chi connectivity index (χ2v) is 3.37. The predicted molar refractivity (Wildman–Crippen MR) is 54.0 cm³/mol. The first-order valence-corrected chi connectivity index (χ1v) is 4.56. The zero-order chi connectivity index (χ0) is 13.9. The van der Waals surface area contributed by atoms with Gasteiger partial charge in [0.1, 0.15) is 5.75 Å². The summed E-state index contributed by atoms with van der Waals surface area (Å²) < 4.78 is 53.2. The maximum absolute atomic E-state index is 12.6. The second kappa shape index (κ2) is 5.07. The number of halogens is 4. The predicted octanol–water partition coefficient (Wildman–Crippen LogP) is 2.46. The number of rotatable bonds is 5. The molecule has 1 aromatic rings. The highest BCUT2D eigenvalue weighted by molar-refractivity contribution is 5.53. The monoisotopic (exact) mass is 268 g/mol. The minimum absolute atomic E-state index is 0.0976. The molecule has 0 atom stereocenters. The molecule has 9 heteroatoms. The fraction of sp³-hybridized carbons (Fsp3) is 0.333. The Morgan fingerprint density at radius 2 is 2.00 bits per heavy atom. The first kappa shape index (κ1) is 14.0. The minimum Gasteiger partial charge on any atom is -0.487 e. The van der Waals surface area contributed by atoms with Crippen molar-refractivity contribution in [2.24, 2.45) is 0 Å². The van der Waals surface area contributed by atoms with Crippen LogP contribution in [-0.2, 0) is 0 Å². The van der Waals surface area contributed by atoms with Gasteiger partial charge in [-0.1, -0.05) is 0 Å². The minimum atomic E-state index is -4.33. The molecule has 0 aliphatic heterocycles. The number of hydrogen-bond donors (Lipinski definition) is 1. The Labute approximate surface area is 98.3 Å². The molecule has 0 bridgehead atoms. The normalized spacial score (nSPS) is 11.6. The molecule has 100 valence electrons. The first-order valence-electron chi connectivity index (χ1n) is 4.56. The molecule has 0 aromatic heterocycles. The van der Waals surface area contributed by atoms with Gasteiger partial charge in [0.2, 0.25) is 0 Å². The molecule has 2 N–H and O–H groups in total. The van der Waals surface area contributed by atoms with Crippen LogP contribution >= 0.6 is 0 Å². The van der Waals surface area contributed by atoms with E-state index in [-0.39, 0.29) is 11.4 Å². The Hall–Kier alpha value is -2.06. The number of alkyl halides is 4. The van der Waals surface area contributed by atoms with E-state index >= 15 is 0 Å². The van der Waals surface area contributed by atoms with Crippen molar-refractivity contribution in [3.05, 3.63) is 28.3 Å². The van der Waals surface area contributed by atoms with Gasteiger partial charge in [0, 0.05) is 17.8 Å². The SMILES string of the molecule is Nc1cc(OCC(F)(F)C(F)F)cc([N+](=O)[O-])c1. The number of hydrogen-bond acceptors (Lipinski definition) is 4. The van der Waals surface area contributed by atoms with Crippen molar-refractivity contribution >= 4 is 11.4 Å². The highest BCUT2D eigenvalue weighted by Crippen LogP contribution is 2.27. The molecule has 0 radical (unpaired) electrons. The van der Waals surface area contributed by atoms with Gasteiger partial charge in [-0.3, -0.25) is 10.1 Å². The van der Waals surface area contributed by atoms with E-state index in [2.05, 4.69) is 4.74 Å². The number of anilines is 1. The zero-order valence-corrected chi connectivity index (χ0v) is 8.78. The molecule has 0 spiro atoms. The van der Waals surface area contributed by atoms with E-state index < -0.39 is 29.6 Å². The van der Waals surface area contributed by atoms with Crippen LogP contribution in [0.25, 0.3) is 0 Å². The van der Waals surface area contributed by atoms with Crippen molar-refractivity contribution < 1.29 is 27.2 Å². The summed E-state index contributed by atoms with van der Waals surface area (Å²) in [6.45, 7) is -1.59. The van der Waals surface area contributed by atoms with E-state index in [1.807, 2.05) is 0 Å². The van der Waals surface area contributed by atoms with Crippen LogP contribution in [0, 0.1) is 10.1 Å². The summed E-state index contributed by atoms with van der Waals surface area (Å²) in [5.74, 6) is -4.71. The third kappa shape index (κ3) is 3.47. The smallest absolute Gasteiger partial charge is 0.340 e. The molecule has 0 unspecified atom stereocenters. The molecule has 0 aliphatic carbocycles. The zero-order valence-electron chi connectivity index (χ0n) is 8.78. The molecule has 5 nitrogen and oxygen atoms in total. The quantitative estimate of drug-likeness (QED) is 0.385. The summed E-state index contributed by atoms with van der Waals surface area (Å²) in [6.07, 6.45) is -3.88. The maximum Gasteiger partial charge on any atom is 0.340 e. The standard InChI is InChI=1S/C9H8F4N2O3/c10-8(11)9(12,13)4-18-7-2-5(14)1-6(3-7)15(16)17/h1-3,8H,4,14H2. The third-order valence-electron chi connectivity index (χ3n) is 1.87. The first-order chi connectivity index (χ1) is 8.22. The maximum atomic E-state index is 12.6. The van der Waals surface area contributed by atoms with Gasteiger partial charge in [0.05, 0.1) is 11.0 Å². The summed E-state index contributed by atoms with van der Waals surface area (Å²) in [6, 6.07) is 2.82. The summed E-state index contributed by atoms with van der Waals surface area (Å²) in [4.78, 5) is 9.63. The lowest BCUT2D eigenvalue weighted by molar-refractivity contribution is -0.384. The van der Waals surface area contributed by atoms with E-state index in [9.17, 15) is 27.7 Å². The average molecular weight is 268 g/mol. The molecular weight excluding hydrogens is 260 g/mol. The number of ether oxygens (including phenoxy) is 1. The lowest BCUT2D eigenvalue weighted by Gasteiger charge is -2.15. The number of non-ortho nitro benzene ring substituents is 1. The van der Waals surface area contributed by atoms with Crippen LogP contribution in [0.15, 0.2) is 18.2 Å². The highest BCUT2D eigenvalue weighted by Gasteiger charge is 2.41. The van der Waals surface area contributed by atoms with Crippen molar-refractivity contribution in [3.63, 3.8) is 0 Å². The van der Waals surface area contributed by atoms with Crippen LogP contribution in [0.4, 0.5) is 28.9 Å². The van der Waals surface area contributed by atoms with E-state index in [0.717, 1.165) is 18.2 Å². The van der Waals surface area contributed by atoms with Crippen LogP contribution < -0.4 is 10.5 Å². The molecule has 0 fully saturated rings. The molecular formula is C9H8F4N2O3. The molecule has 0 heterocycles. The van der Waals surface area contributed by atoms with Crippen molar-refractivity contribution in [1.82, 2.24) is 0 Å². The van der Waals surface area contributed by atoms with Gasteiger partial charge in [0.15, 0.2) is 6.61 Å². The van der Waals surface area contributed by atoms with Gasteiger partial charge in [-0.15, -0.1) is 0 Å². The summed E-state index contributed by atoms with van der Waals surface area (Å²) >= 11 is 0. The van der Waals surface area contributed by atoms with E-state index in [4.69, 9.17) is 5.73 Å². The fourth-order valence-corrected chi connectivity index (χ4v) is 1.04. The molecule has 0 aliphatic rings. The Kier molecular flexibility index (Phi) is 3.94. The summed E-state index contributed by atoms with van der Waals surface area (Å²) in [7, 11) is 0. The van der Waals surface area contributed by atoms with Crippen LogP contribution in [0.3, 0.4) is 0 Å². The van der Waals surface area contributed by atoms with Gasteiger partial charge in [0.25, 0.3) is 5.69 Å². The van der Waals surface area contributed by atoms with Gasteiger partial charge in [-0.05, 0) is 0 Å². The number of nitro benzene ring substituents is 1. The number of nitrogen functional groups attached to an aromatic ring is 1. The van der Waals surface area contributed by atoms with Crippen LogP contribution in [0.1, 0.15) is 0 Å². The van der Waals surface area contributed by atoms with E-state index in [0.29, 0.717) is 0 Å². The molecule has 18 heavy (non-hydrogen) atoms. The third-order valence-corrected chi connectivity index (χ3v) is 1.87.